The molecule has 0 saturated heterocycles. The van der Waals surface area contributed by atoms with Crippen LogP contribution in [0.4, 0.5) is 5.69 Å². The first kappa shape index (κ1) is 20.8. The smallest absolute Gasteiger partial charge is 0.248 e. The number of ether oxygens (including phenoxy) is 1. The highest BCUT2D eigenvalue weighted by Crippen LogP contribution is 2.37. The average molecular weight is 430 g/mol. The molecule has 1 amide bonds. The molecule has 0 saturated carbocycles. The van der Waals surface area contributed by atoms with E-state index in [0.717, 1.165) is 43.8 Å². The lowest BCUT2D eigenvalue weighted by molar-refractivity contribution is -0.111. The van der Waals surface area contributed by atoms with Gasteiger partial charge in [-0.1, -0.05) is 36.4 Å². The summed E-state index contributed by atoms with van der Waals surface area (Å²) in [7, 11) is 1.62. The Hall–Kier alpha value is -3.44. The first-order valence-corrected chi connectivity index (χ1v) is 11.1. The van der Waals surface area contributed by atoms with Crippen molar-refractivity contribution in [3.63, 3.8) is 0 Å². The van der Waals surface area contributed by atoms with Gasteiger partial charge < -0.3 is 14.5 Å². The van der Waals surface area contributed by atoms with E-state index in [2.05, 4.69) is 5.32 Å². The zero-order valence-electron chi connectivity index (χ0n) is 17.6. The SMILES string of the molecule is COc1cc2occ(-c3ccccc3)c2cc1/C(C)=C/C(=O)Nc1cccc(SC)c1. The molecule has 31 heavy (non-hydrogen) atoms. The predicted octanol–water partition coefficient (Wildman–Crippen LogP) is 6.87. The van der Waals surface area contributed by atoms with Crippen LogP contribution in [0, 0.1) is 0 Å². The molecule has 1 aromatic heterocycles. The van der Waals surface area contributed by atoms with E-state index in [9.17, 15) is 4.79 Å². The van der Waals surface area contributed by atoms with Crippen molar-refractivity contribution in [1.29, 1.82) is 0 Å². The maximum atomic E-state index is 12.6. The van der Waals surface area contributed by atoms with Gasteiger partial charge in [0.2, 0.25) is 5.91 Å². The number of methoxy groups -OCH3 is 1. The van der Waals surface area contributed by atoms with E-state index in [1.54, 1.807) is 31.2 Å². The quantitative estimate of drug-likeness (QED) is 0.268. The highest BCUT2D eigenvalue weighted by molar-refractivity contribution is 7.98. The average Bonchev–Trinajstić information content (AvgIpc) is 3.21. The first-order chi connectivity index (χ1) is 15.1. The molecular weight excluding hydrogens is 406 g/mol. The minimum Gasteiger partial charge on any atom is -0.496 e. The molecule has 0 unspecified atom stereocenters. The molecule has 0 radical (unpaired) electrons. The topological polar surface area (TPSA) is 51.5 Å². The molecule has 5 heteroatoms. The second-order valence-corrected chi connectivity index (χ2v) is 7.99. The van der Waals surface area contributed by atoms with Crippen molar-refractivity contribution in [1.82, 2.24) is 0 Å². The fourth-order valence-corrected chi connectivity index (χ4v) is 3.99. The molecule has 3 aromatic carbocycles. The normalized spacial score (nSPS) is 11.5. The summed E-state index contributed by atoms with van der Waals surface area (Å²) in [5.41, 5.74) is 5.24. The van der Waals surface area contributed by atoms with E-state index in [1.807, 2.05) is 79.9 Å². The maximum absolute atomic E-state index is 12.6. The van der Waals surface area contributed by atoms with Crippen LogP contribution in [-0.2, 0) is 4.79 Å². The van der Waals surface area contributed by atoms with Gasteiger partial charge in [-0.05, 0) is 48.6 Å². The Labute approximate surface area is 185 Å². The number of anilines is 1. The van der Waals surface area contributed by atoms with Gasteiger partial charge in [-0.15, -0.1) is 11.8 Å². The van der Waals surface area contributed by atoms with Crippen molar-refractivity contribution in [3.8, 4) is 16.9 Å². The molecule has 1 N–H and O–H groups in total. The molecule has 4 rings (SSSR count). The van der Waals surface area contributed by atoms with E-state index in [1.165, 1.54) is 0 Å². The summed E-state index contributed by atoms with van der Waals surface area (Å²) in [6.45, 7) is 1.91. The van der Waals surface area contributed by atoms with Crippen LogP contribution in [-0.4, -0.2) is 19.3 Å². The molecule has 0 fully saturated rings. The fourth-order valence-electron chi connectivity index (χ4n) is 3.53. The highest BCUT2D eigenvalue weighted by atomic mass is 32.2. The Balaban J connectivity index is 1.69. The standard InChI is InChI=1S/C26H23NO3S/c1-17(12-26(28)27-19-10-7-11-20(13-19)31-3)21-14-22-23(18-8-5-4-6-9-18)16-30-25(22)15-24(21)29-2/h4-16H,1-3H3,(H,27,28)/b17-12+. The van der Waals surface area contributed by atoms with Crippen LogP contribution in [0.25, 0.3) is 27.7 Å². The lowest BCUT2D eigenvalue weighted by atomic mass is 9.99. The lowest BCUT2D eigenvalue weighted by Gasteiger charge is -2.10. The largest absolute Gasteiger partial charge is 0.496 e. The number of benzene rings is 3. The van der Waals surface area contributed by atoms with Gasteiger partial charge in [-0.3, -0.25) is 4.79 Å². The van der Waals surface area contributed by atoms with Crippen molar-refractivity contribution in [2.45, 2.75) is 11.8 Å². The summed E-state index contributed by atoms with van der Waals surface area (Å²) >= 11 is 1.64. The summed E-state index contributed by atoms with van der Waals surface area (Å²) in [6, 6.07) is 21.7. The molecular formula is C26H23NO3S. The number of carbonyl (C=O) groups is 1. The molecule has 4 aromatic rings. The van der Waals surface area contributed by atoms with Gasteiger partial charge in [0.15, 0.2) is 0 Å². The Morgan fingerprint density at radius 1 is 1.06 bits per heavy atom. The molecule has 0 atom stereocenters. The Morgan fingerprint density at radius 2 is 1.87 bits per heavy atom. The monoisotopic (exact) mass is 429 g/mol. The second-order valence-electron chi connectivity index (χ2n) is 7.11. The van der Waals surface area contributed by atoms with Crippen LogP contribution in [0.2, 0.25) is 0 Å². The number of rotatable bonds is 6. The number of furan rings is 1. The van der Waals surface area contributed by atoms with Crippen LogP contribution in [0.15, 0.2) is 88.4 Å². The fraction of sp³-hybridized carbons (Fsp3) is 0.115. The third-order valence-corrected chi connectivity index (χ3v) is 5.82. The summed E-state index contributed by atoms with van der Waals surface area (Å²) in [5, 5.41) is 3.91. The molecule has 0 bridgehead atoms. The van der Waals surface area contributed by atoms with E-state index >= 15 is 0 Å². The van der Waals surface area contributed by atoms with Gasteiger partial charge in [-0.25, -0.2) is 0 Å². The van der Waals surface area contributed by atoms with Crippen molar-refractivity contribution < 1.29 is 13.9 Å². The number of hydrogen-bond acceptors (Lipinski definition) is 4. The summed E-state index contributed by atoms with van der Waals surface area (Å²) < 4.78 is 11.4. The minimum absolute atomic E-state index is 0.187. The number of nitrogens with one attached hydrogen (secondary N) is 1. The van der Waals surface area contributed by atoms with E-state index in [-0.39, 0.29) is 5.91 Å². The minimum atomic E-state index is -0.187. The third kappa shape index (κ3) is 4.52. The molecule has 0 aliphatic rings. The Morgan fingerprint density at radius 3 is 2.61 bits per heavy atom. The lowest BCUT2D eigenvalue weighted by Crippen LogP contribution is -2.08. The van der Waals surface area contributed by atoms with Gasteiger partial charge in [0.05, 0.1) is 13.4 Å². The summed E-state index contributed by atoms with van der Waals surface area (Å²) in [4.78, 5) is 13.7. The molecule has 0 aliphatic heterocycles. The number of allylic oxidation sites excluding steroid dienone is 1. The number of thioether (sulfide) groups is 1. The number of amides is 1. The van der Waals surface area contributed by atoms with Gasteiger partial charge >= 0.3 is 0 Å². The molecule has 0 aliphatic carbocycles. The first-order valence-electron chi connectivity index (χ1n) is 9.87. The summed E-state index contributed by atoms with van der Waals surface area (Å²) in [6.07, 6.45) is 5.36. The van der Waals surface area contributed by atoms with E-state index in [0.29, 0.717) is 5.75 Å². The van der Waals surface area contributed by atoms with Gasteiger partial charge in [0.25, 0.3) is 0 Å². The van der Waals surface area contributed by atoms with Crippen molar-refractivity contribution in [3.05, 3.63) is 84.6 Å². The maximum Gasteiger partial charge on any atom is 0.248 e. The molecule has 4 nitrogen and oxygen atoms in total. The number of carbonyl (C=O) groups excluding carboxylic acids is 1. The molecule has 156 valence electrons. The Bertz CT molecular complexity index is 1260. The van der Waals surface area contributed by atoms with Crippen molar-refractivity contribution in [2.75, 3.05) is 18.7 Å². The van der Waals surface area contributed by atoms with Crippen LogP contribution in [0.1, 0.15) is 12.5 Å². The zero-order chi connectivity index (χ0) is 21.8. The number of fused-ring (bicyclic) bond motifs is 1. The van der Waals surface area contributed by atoms with Crippen molar-refractivity contribution >= 4 is 39.9 Å². The molecule has 1 heterocycles. The van der Waals surface area contributed by atoms with Gasteiger partial charge in [0, 0.05) is 39.2 Å². The summed E-state index contributed by atoms with van der Waals surface area (Å²) in [5.74, 6) is 0.473. The van der Waals surface area contributed by atoms with Crippen molar-refractivity contribution in [2.24, 2.45) is 0 Å². The zero-order valence-corrected chi connectivity index (χ0v) is 18.5. The highest BCUT2D eigenvalue weighted by Gasteiger charge is 2.15. The van der Waals surface area contributed by atoms with Gasteiger partial charge in [-0.2, -0.15) is 0 Å². The third-order valence-electron chi connectivity index (χ3n) is 5.09. The van der Waals surface area contributed by atoms with Crippen LogP contribution >= 0.6 is 11.8 Å². The van der Waals surface area contributed by atoms with E-state index < -0.39 is 0 Å². The Kier molecular flexibility index (Phi) is 6.14. The van der Waals surface area contributed by atoms with E-state index in [4.69, 9.17) is 9.15 Å². The molecule has 0 spiro atoms. The number of hydrogen-bond donors (Lipinski definition) is 1. The van der Waals surface area contributed by atoms with Gasteiger partial charge in [0.1, 0.15) is 11.3 Å². The second kappa shape index (κ2) is 9.14. The van der Waals surface area contributed by atoms with Crippen LogP contribution < -0.4 is 10.1 Å². The van der Waals surface area contributed by atoms with Crippen LogP contribution in [0.3, 0.4) is 0 Å². The van der Waals surface area contributed by atoms with Crippen LogP contribution in [0.5, 0.6) is 5.75 Å². The predicted molar refractivity (Wildman–Crippen MR) is 129 cm³/mol.